The Balaban J connectivity index is 3.12. The number of halogens is 1. The van der Waals surface area contributed by atoms with E-state index >= 15 is 0 Å². The van der Waals surface area contributed by atoms with Gasteiger partial charge in [-0.15, -0.1) is 0 Å². The summed E-state index contributed by atoms with van der Waals surface area (Å²) in [6.45, 7) is 2.08. The Bertz CT molecular complexity index is 410. The number of ether oxygens (including phenoxy) is 1. The molecule has 0 saturated carbocycles. The number of esters is 1. The Hall–Kier alpha value is -1.34. The molecule has 0 radical (unpaired) electrons. The highest BCUT2D eigenvalue weighted by Crippen LogP contribution is 2.16. The lowest BCUT2D eigenvalue weighted by Gasteiger charge is -2.06. The van der Waals surface area contributed by atoms with Crippen LogP contribution in [-0.2, 0) is 10.1 Å². The van der Waals surface area contributed by atoms with E-state index in [1.165, 1.54) is 0 Å². The summed E-state index contributed by atoms with van der Waals surface area (Å²) in [7, 11) is 0. The van der Waals surface area contributed by atoms with Crippen LogP contribution >= 0.6 is 15.9 Å². The van der Waals surface area contributed by atoms with Crippen molar-refractivity contribution in [3.63, 3.8) is 0 Å². The van der Waals surface area contributed by atoms with E-state index in [2.05, 4.69) is 15.9 Å². The van der Waals surface area contributed by atoms with Crippen LogP contribution in [-0.4, -0.2) is 12.6 Å². The molecule has 4 heteroatoms. The lowest BCUT2D eigenvalue weighted by Crippen LogP contribution is -2.07. The van der Waals surface area contributed by atoms with E-state index in [0.29, 0.717) is 23.1 Å². The largest absolute Gasteiger partial charge is 0.462 e. The predicted molar refractivity (Wildman–Crippen MR) is 59.7 cm³/mol. The predicted octanol–water partition coefficient (Wildman–Crippen LogP) is 2.63. The van der Waals surface area contributed by atoms with E-state index in [4.69, 9.17) is 10.00 Å². The number of hydrogen-bond acceptors (Lipinski definition) is 3. The fourth-order valence-corrected chi connectivity index (χ4v) is 1.65. The van der Waals surface area contributed by atoms with E-state index in [1.807, 2.05) is 6.07 Å². The first-order valence-corrected chi connectivity index (χ1v) is 5.61. The van der Waals surface area contributed by atoms with Gasteiger partial charge in [0.2, 0.25) is 0 Å². The molecule has 1 rings (SSSR count). The first-order chi connectivity index (χ1) is 7.22. The molecule has 0 atom stereocenters. The second kappa shape index (κ2) is 5.52. The zero-order valence-corrected chi connectivity index (χ0v) is 9.87. The van der Waals surface area contributed by atoms with E-state index < -0.39 is 0 Å². The molecule has 0 spiro atoms. The first kappa shape index (κ1) is 11.7. The standard InChI is InChI=1S/C11H10BrNO2/c1-2-15-11(14)10-5-8(7-13)3-4-9(10)6-12/h3-5H,2,6H2,1H3. The van der Waals surface area contributed by atoms with Crippen molar-refractivity contribution >= 4 is 21.9 Å². The van der Waals surface area contributed by atoms with Crippen molar-refractivity contribution in [3.05, 3.63) is 34.9 Å². The highest BCUT2D eigenvalue weighted by molar-refractivity contribution is 9.08. The second-order valence-corrected chi connectivity index (χ2v) is 3.40. The van der Waals surface area contributed by atoms with Gasteiger partial charge in [-0.3, -0.25) is 0 Å². The summed E-state index contributed by atoms with van der Waals surface area (Å²) >= 11 is 3.28. The normalized spacial score (nSPS) is 9.40. The van der Waals surface area contributed by atoms with Crippen molar-refractivity contribution in [1.29, 1.82) is 5.26 Å². The van der Waals surface area contributed by atoms with Crippen LogP contribution in [0, 0.1) is 11.3 Å². The van der Waals surface area contributed by atoms with Gasteiger partial charge in [-0.1, -0.05) is 22.0 Å². The first-order valence-electron chi connectivity index (χ1n) is 4.49. The molecule has 0 bridgehead atoms. The Morgan fingerprint density at radius 3 is 2.87 bits per heavy atom. The monoisotopic (exact) mass is 267 g/mol. The molecule has 0 N–H and O–H groups in total. The summed E-state index contributed by atoms with van der Waals surface area (Å²) < 4.78 is 4.90. The van der Waals surface area contributed by atoms with Gasteiger partial charge in [-0.25, -0.2) is 4.79 Å². The molecular weight excluding hydrogens is 258 g/mol. The quantitative estimate of drug-likeness (QED) is 0.625. The van der Waals surface area contributed by atoms with Gasteiger partial charge in [0.1, 0.15) is 0 Å². The average molecular weight is 268 g/mol. The maximum absolute atomic E-state index is 11.5. The van der Waals surface area contributed by atoms with Gasteiger partial charge in [0.05, 0.1) is 23.8 Å². The van der Waals surface area contributed by atoms with Crippen molar-refractivity contribution in [2.24, 2.45) is 0 Å². The number of carbonyl (C=O) groups excluding carboxylic acids is 1. The third kappa shape index (κ3) is 2.80. The molecule has 1 aromatic carbocycles. The van der Waals surface area contributed by atoms with Gasteiger partial charge in [0, 0.05) is 5.33 Å². The third-order valence-electron chi connectivity index (χ3n) is 1.88. The van der Waals surface area contributed by atoms with Crippen molar-refractivity contribution in [1.82, 2.24) is 0 Å². The Morgan fingerprint density at radius 2 is 2.33 bits per heavy atom. The highest BCUT2D eigenvalue weighted by atomic mass is 79.9. The maximum atomic E-state index is 11.5. The summed E-state index contributed by atoms with van der Waals surface area (Å²) in [4.78, 5) is 11.5. The van der Waals surface area contributed by atoms with Gasteiger partial charge in [0.25, 0.3) is 0 Å². The fourth-order valence-electron chi connectivity index (χ4n) is 1.16. The number of alkyl halides is 1. The van der Waals surface area contributed by atoms with Gasteiger partial charge in [0.15, 0.2) is 0 Å². The third-order valence-corrected chi connectivity index (χ3v) is 2.48. The van der Waals surface area contributed by atoms with Crippen molar-refractivity contribution in [2.75, 3.05) is 6.61 Å². The van der Waals surface area contributed by atoms with Crippen LogP contribution < -0.4 is 0 Å². The van der Waals surface area contributed by atoms with Gasteiger partial charge in [-0.05, 0) is 24.6 Å². The zero-order valence-electron chi connectivity index (χ0n) is 8.29. The number of benzene rings is 1. The molecule has 0 aliphatic heterocycles. The molecule has 1 aromatic rings. The Morgan fingerprint density at radius 1 is 1.60 bits per heavy atom. The summed E-state index contributed by atoms with van der Waals surface area (Å²) in [6.07, 6.45) is 0. The maximum Gasteiger partial charge on any atom is 0.338 e. The Kier molecular flexibility index (Phi) is 4.32. The number of rotatable bonds is 3. The van der Waals surface area contributed by atoms with Crippen LogP contribution in [0.2, 0.25) is 0 Å². The number of hydrogen-bond donors (Lipinski definition) is 0. The van der Waals surface area contributed by atoms with Crippen LogP contribution in [0.5, 0.6) is 0 Å². The molecular formula is C11H10BrNO2. The number of nitrogens with zero attached hydrogens (tertiary/aromatic N) is 1. The molecule has 0 amide bonds. The fraction of sp³-hybridized carbons (Fsp3) is 0.273. The molecule has 78 valence electrons. The van der Waals surface area contributed by atoms with Crippen molar-refractivity contribution in [3.8, 4) is 6.07 Å². The molecule has 0 heterocycles. The summed E-state index contributed by atoms with van der Waals surface area (Å²) in [5, 5.41) is 9.29. The topological polar surface area (TPSA) is 50.1 Å². The summed E-state index contributed by atoms with van der Waals surface area (Å²) in [6, 6.07) is 6.97. The minimum absolute atomic E-state index is 0.331. The van der Waals surface area contributed by atoms with E-state index in [9.17, 15) is 4.79 Å². The van der Waals surface area contributed by atoms with Crippen LogP contribution in [0.4, 0.5) is 0 Å². The second-order valence-electron chi connectivity index (χ2n) is 2.84. The van der Waals surface area contributed by atoms with Crippen LogP contribution in [0.15, 0.2) is 18.2 Å². The van der Waals surface area contributed by atoms with Crippen LogP contribution in [0.3, 0.4) is 0 Å². The highest BCUT2D eigenvalue weighted by Gasteiger charge is 2.12. The van der Waals surface area contributed by atoms with E-state index in [-0.39, 0.29) is 5.97 Å². The number of nitriles is 1. The van der Waals surface area contributed by atoms with Crippen LogP contribution in [0.1, 0.15) is 28.4 Å². The summed E-state index contributed by atoms with van der Waals surface area (Å²) in [5.41, 5.74) is 1.74. The van der Waals surface area contributed by atoms with Gasteiger partial charge >= 0.3 is 5.97 Å². The molecule has 15 heavy (non-hydrogen) atoms. The van der Waals surface area contributed by atoms with E-state index in [0.717, 1.165) is 5.56 Å². The molecule has 0 fully saturated rings. The molecule has 0 aliphatic rings. The Labute approximate surface area is 96.8 Å². The summed E-state index contributed by atoms with van der Waals surface area (Å²) in [5.74, 6) is -0.385. The molecule has 0 saturated heterocycles. The lowest BCUT2D eigenvalue weighted by atomic mass is 10.1. The van der Waals surface area contributed by atoms with E-state index in [1.54, 1.807) is 25.1 Å². The smallest absolute Gasteiger partial charge is 0.338 e. The molecule has 0 aromatic heterocycles. The molecule has 0 unspecified atom stereocenters. The van der Waals surface area contributed by atoms with Crippen molar-refractivity contribution < 1.29 is 9.53 Å². The number of carbonyl (C=O) groups is 1. The minimum atomic E-state index is -0.385. The van der Waals surface area contributed by atoms with Gasteiger partial charge in [-0.2, -0.15) is 5.26 Å². The molecule has 0 aliphatic carbocycles. The lowest BCUT2D eigenvalue weighted by molar-refractivity contribution is 0.0525. The minimum Gasteiger partial charge on any atom is -0.462 e. The zero-order chi connectivity index (χ0) is 11.3. The average Bonchev–Trinajstić information content (AvgIpc) is 2.28. The van der Waals surface area contributed by atoms with Crippen molar-refractivity contribution in [2.45, 2.75) is 12.3 Å². The van der Waals surface area contributed by atoms with Gasteiger partial charge < -0.3 is 4.74 Å². The SMILES string of the molecule is CCOC(=O)c1cc(C#N)ccc1CBr. The van der Waals surface area contributed by atoms with Crippen LogP contribution in [0.25, 0.3) is 0 Å². The molecule has 3 nitrogen and oxygen atoms in total.